The molecule has 0 atom stereocenters. The van der Waals surface area contributed by atoms with Gasteiger partial charge in [-0.1, -0.05) is 18.2 Å². The van der Waals surface area contributed by atoms with Gasteiger partial charge in [0.2, 0.25) is 0 Å². The summed E-state index contributed by atoms with van der Waals surface area (Å²) in [6, 6.07) is 7.38. The van der Waals surface area contributed by atoms with Gasteiger partial charge in [-0.05, 0) is 11.6 Å². The number of carbonyl (C=O) groups is 1. The lowest BCUT2D eigenvalue weighted by molar-refractivity contribution is 0.00234. The maximum atomic E-state index is 11.5. The number of Topliss-reactive ketones (excluding diaryl/α,β-unsaturated/α-hetero) is 1. The average Bonchev–Trinajstić information content (AvgIpc) is 2.40. The average molecular weight is 245 g/mol. The fourth-order valence-electron chi connectivity index (χ4n) is 1.97. The van der Waals surface area contributed by atoms with Crippen LogP contribution in [-0.4, -0.2) is 48.0 Å². The molecular weight excluding hydrogens is 230 g/mol. The van der Waals surface area contributed by atoms with Crippen LogP contribution >= 0.6 is 0 Å². The smallest absolute Gasteiger partial charge is 0.328 e. The maximum Gasteiger partial charge on any atom is 0.328 e. The van der Waals surface area contributed by atoms with Crippen LogP contribution in [0.5, 0.6) is 0 Å². The van der Waals surface area contributed by atoms with E-state index in [4.69, 9.17) is 10.3 Å². The highest BCUT2D eigenvalue weighted by atomic mass is 16.5. The molecule has 0 aromatic heterocycles. The summed E-state index contributed by atoms with van der Waals surface area (Å²) in [5.74, 6) is -0.290. The lowest BCUT2D eigenvalue weighted by Gasteiger charge is -2.26. The molecule has 1 fully saturated rings. The number of benzene rings is 1. The van der Waals surface area contributed by atoms with E-state index in [9.17, 15) is 4.79 Å². The molecule has 1 saturated heterocycles. The zero-order valence-electron chi connectivity index (χ0n) is 10.1. The summed E-state index contributed by atoms with van der Waals surface area (Å²) in [6.07, 6.45) is 0.911. The Labute approximate surface area is 106 Å². The molecule has 0 bridgehead atoms. The van der Waals surface area contributed by atoms with Crippen molar-refractivity contribution in [2.75, 3.05) is 26.3 Å². The molecule has 1 heterocycles. The van der Waals surface area contributed by atoms with Gasteiger partial charge < -0.3 is 10.3 Å². The number of morpholine rings is 1. The Morgan fingerprint density at radius 2 is 2.22 bits per heavy atom. The largest absolute Gasteiger partial charge is 0.379 e. The Morgan fingerprint density at radius 1 is 1.44 bits per heavy atom. The van der Waals surface area contributed by atoms with Crippen LogP contribution in [-0.2, 0) is 11.3 Å². The maximum absolute atomic E-state index is 11.5. The van der Waals surface area contributed by atoms with Gasteiger partial charge in [-0.2, -0.15) is 4.79 Å². The molecule has 2 rings (SSSR count). The molecule has 0 amide bonds. The molecule has 1 aliphatic heterocycles. The fraction of sp³-hybridized carbons (Fsp3) is 0.385. The lowest BCUT2D eigenvalue weighted by atomic mass is 10.1. The Kier molecular flexibility index (Phi) is 4.36. The van der Waals surface area contributed by atoms with Crippen LogP contribution < -0.4 is 0 Å². The molecule has 18 heavy (non-hydrogen) atoms. The van der Waals surface area contributed by atoms with Gasteiger partial charge in [0.05, 0.1) is 13.2 Å². The molecule has 5 nitrogen and oxygen atoms in total. The molecular formula is C13H15N3O2. The first kappa shape index (κ1) is 12.6. The van der Waals surface area contributed by atoms with E-state index in [1.807, 2.05) is 18.2 Å². The third-order valence-electron chi connectivity index (χ3n) is 2.90. The predicted molar refractivity (Wildman–Crippen MR) is 66.6 cm³/mol. The van der Waals surface area contributed by atoms with Crippen LogP contribution in [0, 0.1) is 0 Å². The number of hydrogen-bond donors (Lipinski definition) is 0. The molecule has 1 aliphatic rings. The van der Waals surface area contributed by atoms with Gasteiger partial charge in [0.1, 0.15) is 0 Å². The second kappa shape index (κ2) is 6.21. The molecule has 94 valence electrons. The predicted octanol–water partition coefficient (Wildman–Crippen LogP) is 1.00. The Hall–Kier alpha value is -1.81. The number of ketones is 1. The number of ether oxygens (including phenoxy) is 1. The summed E-state index contributed by atoms with van der Waals surface area (Å²) in [6.45, 7) is 4.15. The Morgan fingerprint density at radius 3 is 2.94 bits per heavy atom. The molecule has 1 aromatic carbocycles. The zero-order valence-corrected chi connectivity index (χ0v) is 10.1. The third kappa shape index (κ3) is 3.34. The van der Waals surface area contributed by atoms with Gasteiger partial charge in [0.15, 0.2) is 0 Å². The van der Waals surface area contributed by atoms with Crippen molar-refractivity contribution < 1.29 is 14.3 Å². The number of carbonyl (C=O) groups excluding carboxylic acids is 1. The van der Waals surface area contributed by atoms with Crippen LogP contribution in [0.15, 0.2) is 24.3 Å². The van der Waals surface area contributed by atoms with Crippen molar-refractivity contribution >= 4 is 12.0 Å². The summed E-state index contributed by atoms with van der Waals surface area (Å²) >= 11 is 0. The van der Waals surface area contributed by atoms with E-state index in [0.717, 1.165) is 44.6 Å². The van der Waals surface area contributed by atoms with Gasteiger partial charge in [0.25, 0.3) is 5.78 Å². The second-order valence-corrected chi connectivity index (χ2v) is 4.20. The van der Waals surface area contributed by atoms with E-state index in [1.165, 1.54) is 0 Å². The van der Waals surface area contributed by atoms with Gasteiger partial charge in [0, 0.05) is 25.2 Å². The van der Waals surface area contributed by atoms with Gasteiger partial charge >= 0.3 is 6.21 Å². The Bertz CT molecular complexity index is 475. The summed E-state index contributed by atoms with van der Waals surface area (Å²) < 4.78 is 5.29. The minimum Gasteiger partial charge on any atom is -0.379 e. The first-order valence-electron chi connectivity index (χ1n) is 5.90. The summed E-state index contributed by atoms with van der Waals surface area (Å²) in [5.41, 5.74) is 9.97. The molecule has 0 saturated carbocycles. The minimum atomic E-state index is -0.290. The van der Waals surface area contributed by atoms with Crippen molar-refractivity contribution in [2.45, 2.75) is 6.54 Å². The third-order valence-corrected chi connectivity index (χ3v) is 2.90. The summed E-state index contributed by atoms with van der Waals surface area (Å²) in [4.78, 5) is 16.6. The van der Waals surface area contributed by atoms with E-state index in [2.05, 4.69) is 9.69 Å². The molecule has 0 N–H and O–H groups in total. The fourth-order valence-corrected chi connectivity index (χ4v) is 1.97. The van der Waals surface area contributed by atoms with E-state index in [-0.39, 0.29) is 5.78 Å². The highest BCUT2D eigenvalue weighted by Gasteiger charge is 2.12. The highest BCUT2D eigenvalue weighted by Crippen LogP contribution is 2.10. The minimum absolute atomic E-state index is 0.290. The van der Waals surface area contributed by atoms with Crippen molar-refractivity contribution in [1.29, 1.82) is 0 Å². The van der Waals surface area contributed by atoms with Crippen molar-refractivity contribution in [2.24, 2.45) is 0 Å². The quantitative estimate of drug-likeness (QED) is 0.344. The van der Waals surface area contributed by atoms with Crippen molar-refractivity contribution in [3.8, 4) is 0 Å². The van der Waals surface area contributed by atoms with Crippen molar-refractivity contribution in [3.63, 3.8) is 0 Å². The normalized spacial score (nSPS) is 16.0. The topological polar surface area (TPSA) is 65.9 Å². The standard InChI is InChI=1S/C13H15N3O2/c14-15-9-13(17)12-3-1-2-11(8-12)10-16-4-6-18-7-5-16/h1-3,8-9H,4-7,10H2. The van der Waals surface area contributed by atoms with Gasteiger partial charge in [-0.25, -0.2) is 0 Å². The zero-order chi connectivity index (χ0) is 12.8. The summed E-state index contributed by atoms with van der Waals surface area (Å²) in [5, 5.41) is 0. The van der Waals surface area contributed by atoms with Gasteiger partial charge in [-0.15, -0.1) is 0 Å². The molecule has 0 unspecified atom stereocenters. The van der Waals surface area contributed by atoms with E-state index in [1.54, 1.807) is 6.07 Å². The molecule has 1 aromatic rings. The van der Waals surface area contributed by atoms with Crippen molar-refractivity contribution in [1.82, 2.24) is 4.90 Å². The Balaban J connectivity index is 2.06. The van der Waals surface area contributed by atoms with Gasteiger partial charge in [-0.3, -0.25) is 9.69 Å². The second-order valence-electron chi connectivity index (χ2n) is 4.20. The number of rotatable bonds is 4. The monoisotopic (exact) mass is 245 g/mol. The number of hydrogen-bond acceptors (Lipinski definition) is 3. The summed E-state index contributed by atoms with van der Waals surface area (Å²) in [7, 11) is 0. The van der Waals surface area contributed by atoms with E-state index in [0.29, 0.717) is 5.56 Å². The van der Waals surface area contributed by atoms with Crippen LogP contribution in [0.1, 0.15) is 15.9 Å². The van der Waals surface area contributed by atoms with Crippen LogP contribution in [0.4, 0.5) is 0 Å². The van der Waals surface area contributed by atoms with E-state index >= 15 is 0 Å². The molecule has 0 aliphatic carbocycles. The highest BCUT2D eigenvalue weighted by molar-refractivity contribution is 6.33. The van der Waals surface area contributed by atoms with Crippen LogP contribution in [0.3, 0.4) is 0 Å². The lowest BCUT2D eigenvalue weighted by Crippen LogP contribution is -2.35. The van der Waals surface area contributed by atoms with E-state index < -0.39 is 0 Å². The first-order valence-corrected chi connectivity index (χ1v) is 5.90. The first-order chi connectivity index (χ1) is 8.79. The molecule has 0 spiro atoms. The number of nitrogens with zero attached hydrogens (tertiary/aromatic N) is 3. The van der Waals surface area contributed by atoms with Crippen LogP contribution in [0.25, 0.3) is 5.53 Å². The SMILES string of the molecule is [N-]=[N+]=CC(=O)c1cccc(CN2CCOCC2)c1. The van der Waals surface area contributed by atoms with Crippen LogP contribution in [0.2, 0.25) is 0 Å². The molecule has 0 radical (unpaired) electrons. The molecule has 5 heteroatoms. The van der Waals surface area contributed by atoms with Crippen molar-refractivity contribution in [3.05, 3.63) is 40.9 Å².